The molecule has 0 bridgehead atoms. The summed E-state index contributed by atoms with van der Waals surface area (Å²) in [6, 6.07) is 1.80. The van der Waals surface area contributed by atoms with Crippen LogP contribution in [0.3, 0.4) is 0 Å². The Kier molecular flexibility index (Phi) is 3.85. The lowest BCUT2D eigenvalue weighted by atomic mass is 9.87. The molecule has 5 heteroatoms. The quantitative estimate of drug-likeness (QED) is 0.549. The van der Waals surface area contributed by atoms with Gasteiger partial charge in [0.25, 0.3) is 0 Å². The van der Waals surface area contributed by atoms with Crippen LogP contribution in [0.15, 0.2) is 18.5 Å². The number of rotatable bonds is 4. The highest BCUT2D eigenvalue weighted by Crippen LogP contribution is 2.34. The van der Waals surface area contributed by atoms with Gasteiger partial charge in [0.1, 0.15) is 0 Å². The van der Waals surface area contributed by atoms with Crippen LogP contribution in [0.5, 0.6) is 0 Å². The third-order valence-electron chi connectivity index (χ3n) is 3.99. The van der Waals surface area contributed by atoms with Gasteiger partial charge in [0, 0.05) is 29.2 Å². The second-order valence-corrected chi connectivity index (χ2v) is 5.45. The highest BCUT2D eigenvalue weighted by molar-refractivity contribution is 5.47. The number of likely N-dealkylation sites (tertiary alicyclic amines) is 1. The molecule has 5 nitrogen and oxygen atoms in total. The Morgan fingerprint density at radius 3 is 2.61 bits per heavy atom. The van der Waals surface area contributed by atoms with Gasteiger partial charge >= 0.3 is 0 Å². The van der Waals surface area contributed by atoms with E-state index in [2.05, 4.69) is 29.2 Å². The molecule has 2 heterocycles. The first-order valence-electron chi connectivity index (χ1n) is 6.48. The van der Waals surface area contributed by atoms with E-state index in [1.54, 1.807) is 12.4 Å². The van der Waals surface area contributed by atoms with E-state index in [0.717, 1.165) is 24.3 Å². The molecule has 1 fully saturated rings. The molecule has 1 unspecified atom stereocenters. The van der Waals surface area contributed by atoms with E-state index in [1.165, 1.54) is 12.8 Å². The summed E-state index contributed by atoms with van der Waals surface area (Å²) >= 11 is 0. The Balaban J connectivity index is 2.30. The van der Waals surface area contributed by atoms with Gasteiger partial charge in [0.05, 0.1) is 6.04 Å². The molecule has 1 aromatic heterocycles. The maximum Gasteiger partial charge on any atom is 0.0673 e. The van der Waals surface area contributed by atoms with E-state index in [0.29, 0.717) is 0 Å². The number of hydrogen-bond donors (Lipinski definition) is 3. The number of pyridine rings is 1. The first kappa shape index (κ1) is 13.3. The molecule has 0 aromatic carbocycles. The van der Waals surface area contributed by atoms with Crippen LogP contribution in [-0.4, -0.2) is 28.5 Å². The van der Waals surface area contributed by atoms with Gasteiger partial charge in [0.15, 0.2) is 0 Å². The zero-order valence-corrected chi connectivity index (χ0v) is 11.2. The van der Waals surface area contributed by atoms with Crippen molar-refractivity contribution in [2.75, 3.05) is 18.8 Å². The first-order valence-corrected chi connectivity index (χ1v) is 6.48. The zero-order chi connectivity index (χ0) is 13.2. The van der Waals surface area contributed by atoms with Gasteiger partial charge in [0.2, 0.25) is 0 Å². The first-order chi connectivity index (χ1) is 8.57. The van der Waals surface area contributed by atoms with Crippen LogP contribution < -0.4 is 17.0 Å². The van der Waals surface area contributed by atoms with Crippen LogP contribution >= 0.6 is 0 Å². The predicted octanol–water partition coefficient (Wildman–Crippen LogP) is 1.04. The van der Waals surface area contributed by atoms with Crippen LogP contribution in [0.4, 0.5) is 5.69 Å². The molecular weight excluding hydrogens is 226 g/mol. The normalized spacial score (nSPS) is 19.1. The number of nitrogens with zero attached hydrogens (tertiary/aromatic N) is 2. The fraction of sp³-hybridized carbons (Fsp3) is 0.615. The molecule has 1 aliphatic rings. The lowest BCUT2D eigenvalue weighted by molar-refractivity contribution is 0.107. The molecular formula is C13H23N5. The van der Waals surface area contributed by atoms with E-state index in [1.807, 2.05) is 6.07 Å². The molecule has 1 aliphatic heterocycles. The summed E-state index contributed by atoms with van der Waals surface area (Å²) < 4.78 is 0. The van der Waals surface area contributed by atoms with E-state index < -0.39 is 0 Å². The number of aromatic nitrogens is 1. The summed E-state index contributed by atoms with van der Waals surface area (Å²) in [5.74, 6) is 5.77. The van der Waals surface area contributed by atoms with Crippen molar-refractivity contribution in [3.8, 4) is 0 Å². The van der Waals surface area contributed by atoms with Gasteiger partial charge in [-0.05, 0) is 45.8 Å². The van der Waals surface area contributed by atoms with Crippen molar-refractivity contribution in [1.82, 2.24) is 15.3 Å². The van der Waals surface area contributed by atoms with Gasteiger partial charge in [-0.25, -0.2) is 0 Å². The zero-order valence-electron chi connectivity index (χ0n) is 11.2. The van der Waals surface area contributed by atoms with Crippen molar-refractivity contribution < 1.29 is 0 Å². The average Bonchev–Trinajstić information content (AvgIpc) is 2.86. The Morgan fingerprint density at radius 2 is 2.06 bits per heavy atom. The van der Waals surface area contributed by atoms with E-state index in [-0.39, 0.29) is 11.6 Å². The smallest absolute Gasteiger partial charge is 0.0673 e. The Hall–Kier alpha value is -1.17. The minimum atomic E-state index is -0.0809. The Morgan fingerprint density at radius 1 is 1.39 bits per heavy atom. The number of nitrogens with one attached hydrogen (secondary N) is 1. The van der Waals surface area contributed by atoms with Crippen LogP contribution in [-0.2, 0) is 0 Å². The second kappa shape index (κ2) is 5.22. The molecule has 0 amide bonds. The monoisotopic (exact) mass is 249 g/mol. The SMILES string of the molecule is CC(C)(C(NN)c1cnccc1N)N1CCCC1. The number of anilines is 1. The lowest BCUT2D eigenvalue weighted by Gasteiger charge is -2.42. The van der Waals surface area contributed by atoms with Gasteiger partial charge in [-0.2, -0.15) is 0 Å². The minimum Gasteiger partial charge on any atom is -0.398 e. The molecule has 18 heavy (non-hydrogen) atoms. The fourth-order valence-corrected chi connectivity index (χ4v) is 2.81. The molecule has 1 saturated heterocycles. The van der Waals surface area contributed by atoms with Gasteiger partial charge in [-0.1, -0.05) is 0 Å². The van der Waals surface area contributed by atoms with Crippen molar-refractivity contribution in [2.45, 2.75) is 38.3 Å². The maximum absolute atomic E-state index is 6.04. The number of nitrogens with two attached hydrogens (primary N) is 2. The van der Waals surface area contributed by atoms with Crippen molar-refractivity contribution in [3.05, 3.63) is 24.0 Å². The number of hydrazine groups is 1. The third-order valence-corrected chi connectivity index (χ3v) is 3.99. The minimum absolute atomic E-state index is 0.0238. The molecule has 0 aliphatic carbocycles. The largest absolute Gasteiger partial charge is 0.398 e. The van der Waals surface area contributed by atoms with E-state index in [9.17, 15) is 0 Å². The Bertz CT molecular complexity index is 398. The molecule has 1 aromatic rings. The summed E-state index contributed by atoms with van der Waals surface area (Å²) in [5.41, 5.74) is 10.6. The van der Waals surface area contributed by atoms with Crippen LogP contribution in [0, 0.1) is 0 Å². The van der Waals surface area contributed by atoms with Crippen LogP contribution in [0.2, 0.25) is 0 Å². The highest BCUT2D eigenvalue weighted by Gasteiger charge is 2.38. The van der Waals surface area contributed by atoms with E-state index in [4.69, 9.17) is 11.6 Å². The highest BCUT2D eigenvalue weighted by atomic mass is 15.3. The van der Waals surface area contributed by atoms with Crippen LogP contribution in [0.25, 0.3) is 0 Å². The molecule has 0 radical (unpaired) electrons. The standard InChI is InChI=1S/C13H23N5/c1-13(2,18-7-3-4-8-18)12(17-15)10-9-16-6-5-11(10)14/h5-6,9,12,17H,3-4,7-8,15H2,1-2H3,(H2,14,16). The van der Waals surface area contributed by atoms with Crippen LogP contribution in [0.1, 0.15) is 38.3 Å². The van der Waals surface area contributed by atoms with Gasteiger partial charge in [-0.15, -0.1) is 0 Å². The average molecular weight is 249 g/mol. The summed E-state index contributed by atoms with van der Waals surface area (Å²) in [5, 5.41) is 0. The van der Waals surface area contributed by atoms with Gasteiger partial charge < -0.3 is 5.73 Å². The van der Waals surface area contributed by atoms with Gasteiger partial charge in [-0.3, -0.25) is 21.2 Å². The summed E-state index contributed by atoms with van der Waals surface area (Å²) in [7, 11) is 0. The van der Waals surface area contributed by atoms with Crippen molar-refractivity contribution in [1.29, 1.82) is 0 Å². The van der Waals surface area contributed by atoms with E-state index >= 15 is 0 Å². The van der Waals surface area contributed by atoms with Crippen molar-refractivity contribution >= 4 is 5.69 Å². The maximum atomic E-state index is 6.04. The molecule has 2 rings (SSSR count). The third kappa shape index (κ3) is 2.34. The fourth-order valence-electron chi connectivity index (χ4n) is 2.81. The molecule has 5 N–H and O–H groups in total. The lowest BCUT2D eigenvalue weighted by Crippen LogP contribution is -2.53. The predicted molar refractivity (Wildman–Crippen MR) is 73.6 cm³/mol. The number of nitrogen functional groups attached to an aromatic ring is 1. The number of hydrogen-bond acceptors (Lipinski definition) is 5. The van der Waals surface area contributed by atoms with Crippen molar-refractivity contribution in [2.24, 2.45) is 5.84 Å². The Labute approximate surface area is 109 Å². The summed E-state index contributed by atoms with van der Waals surface area (Å²) in [6.45, 7) is 6.64. The molecule has 1 atom stereocenters. The topological polar surface area (TPSA) is 80.2 Å². The second-order valence-electron chi connectivity index (χ2n) is 5.45. The molecule has 0 spiro atoms. The summed E-state index contributed by atoms with van der Waals surface area (Å²) in [6.07, 6.45) is 6.01. The van der Waals surface area contributed by atoms with Crippen molar-refractivity contribution in [3.63, 3.8) is 0 Å². The molecule has 100 valence electrons. The molecule has 0 saturated carbocycles. The summed E-state index contributed by atoms with van der Waals surface area (Å²) in [4.78, 5) is 6.62.